The molecule has 0 spiro atoms. The summed E-state index contributed by atoms with van der Waals surface area (Å²) in [5.74, 6) is 0. The van der Waals surface area contributed by atoms with Crippen molar-refractivity contribution in [2.75, 3.05) is 6.54 Å². The Kier molecular flexibility index (Phi) is 4.25. The highest BCUT2D eigenvalue weighted by Gasteiger charge is 2.26. The molecule has 1 aliphatic rings. The summed E-state index contributed by atoms with van der Waals surface area (Å²) < 4.78 is 5.43. The predicted octanol–water partition coefficient (Wildman–Crippen LogP) is 3.48. The zero-order chi connectivity index (χ0) is 14.9. The highest BCUT2D eigenvalue weighted by molar-refractivity contribution is 6.30. The largest absolute Gasteiger partial charge is 0.444 e. The summed E-state index contributed by atoms with van der Waals surface area (Å²) in [5.41, 5.74) is 7.72. The molecule has 0 fully saturated rings. The van der Waals surface area contributed by atoms with E-state index >= 15 is 0 Å². The first kappa shape index (κ1) is 15.1. The monoisotopic (exact) mass is 296 g/mol. The van der Waals surface area contributed by atoms with Gasteiger partial charge in [0, 0.05) is 24.2 Å². The van der Waals surface area contributed by atoms with Crippen LogP contribution in [0.3, 0.4) is 0 Å². The molecule has 0 aliphatic carbocycles. The van der Waals surface area contributed by atoms with Gasteiger partial charge < -0.3 is 15.4 Å². The molecule has 0 saturated carbocycles. The van der Waals surface area contributed by atoms with Crippen LogP contribution in [-0.4, -0.2) is 23.1 Å². The van der Waals surface area contributed by atoms with Gasteiger partial charge in [-0.2, -0.15) is 0 Å². The second-order valence-corrected chi connectivity index (χ2v) is 6.58. The van der Waals surface area contributed by atoms with Crippen molar-refractivity contribution in [2.45, 2.75) is 45.4 Å². The van der Waals surface area contributed by atoms with E-state index in [1.54, 1.807) is 4.90 Å². The number of amides is 1. The van der Waals surface area contributed by atoms with Crippen LogP contribution >= 0.6 is 11.6 Å². The predicted molar refractivity (Wildman–Crippen MR) is 79.6 cm³/mol. The summed E-state index contributed by atoms with van der Waals surface area (Å²) in [6.45, 7) is 6.65. The number of nitrogens with two attached hydrogens (primary N) is 1. The minimum atomic E-state index is -0.497. The molecular formula is C15H21ClN2O2. The van der Waals surface area contributed by atoms with Crippen LogP contribution in [0.2, 0.25) is 5.02 Å². The van der Waals surface area contributed by atoms with Crippen LogP contribution in [0.15, 0.2) is 18.2 Å². The Morgan fingerprint density at radius 1 is 1.45 bits per heavy atom. The summed E-state index contributed by atoms with van der Waals surface area (Å²) in [4.78, 5) is 13.9. The third-order valence-electron chi connectivity index (χ3n) is 3.23. The Morgan fingerprint density at radius 2 is 2.15 bits per heavy atom. The molecule has 1 unspecified atom stereocenters. The summed E-state index contributed by atoms with van der Waals surface area (Å²) >= 11 is 6.04. The number of halogens is 1. The minimum absolute atomic E-state index is 0.0743. The van der Waals surface area contributed by atoms with E-state index in [1.165, 1.54) is 0 Å². The Labute approximate surface area is 124 Å². The van der Waals surface area contributed by atoms with E-state index in [9.17, 15) is 4.79 Å². The molecule has 1 heterocycles. The molecule has 0 radical (unpaired) electrons. The van der Waals surface area contributed by atoms with Gasteiger partial charge in [-0.15, -0.1) is 0 Å². The van der Waals surface area contributed by atoms with Gasteiger partial charge in [0.05, 0.1) is 0 Å². The van der Waals surface area contributed by atoms with E-state index in [1.807, 2.05) is 39.0 Å². The van der Waals surface area contributed by atoms with Crippen LogP contribution < -0.4 is 5.73 Å². The van der Waals surface area contributed by atoms with Gasteiger partial charge >= 0.3 is 6.09 Å². The number of benzene rings is 1. The number of rotatable bonds is 0. The highest BCUT2D eigenvalue weighted by atomic mass is 35.5. The van der Waals surface area contributed by atoms with E-state index in [0.717, 1.165) is 11.1 Å². The lowest BCUT2D eigenvalue weighted by molar-refractivity contribution is 0.0235. The quantitative estimate of drug-likeness (QED) is 0.797. The van der Waals surface area contributed by atoms with Gasteiger partial charge in [-0.3, -0.25) is 0 Å². The SMILES string of the molecule is CC(C)(C)OC(=O)N1CCC(N)c2ccc(Cl)cc2C1. The molecule has 1 aromatic carbocycles. The van der Waals surface area contributed by atoms with E-state index in [0.29, 0.717) is 24.5 Å². The summed E-state index contributed by atoms with van der Waals surface area (Å²) in [6.07, 6.45) is 0.408. The minimum Gasteiger partial charge on any atom is -0.444 e. The Hall–Kier alpha value is -1.26. The van der Waals surface area contributed by atoms with Crippen molar-refractivity contribution in [3.63, 3.8) is 0 Å². The molecule has 2 N–H and O–H groups in total. The maximum absolute atomic E-state index is 12.2. The first-order valence-electron chi connectivity index (χ1n) is 6.78. The maximum Gasteiger partial charge on any atom is 0.410 e. The zero-order valence-electron chi connectivity index (χ0n) is 12.1. The van der Waals surface area contributed by atoms with Gasteiger partial charge in [0.15, 0.2) is 0 Å². The zero-order valence-corrected chi connectivity index (χ0v) is 12.9. The van der Waals surface area contributed by atoms with E-state index in [-0.39, 0.29) is 12.1 Å². The van der Waals surface area contributed by atoms with Crippen molar-refractivity contribution in [2.24, 2.45) is 5.73 Å². The van der Waals surface area contributed by atoms with Gasteiger partial charge in [0.25, 0.3) is 0 Å². The number of hydrogen-bond acceptors (Lipinski definition) is 3. The number of nitrogens with zero attached hydrogens (tertiary/aromatic N) is 1. The lowest BCUT2D eigenvalue weighted by Crippen LogP contribution is -2.36. The molecule has 110 valence electrons. The van der Waals surface area contributed by atoms with Crippen LogP contribution in [-0.2, 0) is 11.3 Å². The molecule has 0 saturated heterocycles. The first-order chi connectivity index (χ1) is 9.26. The molecule has 4 nitrogen and oxygen atoms in total. The average molecular weight is 297 g/mol. The number of fused-ring (bicyclic) bond motifs is 1. The van der Waals surface area contributed by atoms with Gasteiger partial charge in [0.2, 0.25) is 0 Å². The van der Waals surface area contributed by atoms with Gasteiger partial charge in [-0.1, -0.05) is 17.7 Å². The smallest absolute Gasteiger partial charge is 0.410 e. The fraction of sp³-hybridized carbons (Fsp3) is 0.533. The molecule has 2 rings (SSSR count). The standard InChI is InChI=1S/C15H21ClN2O2/c1-15(2,3)20-14(19)18-7-6-13(17)12-5-4-11(16)8-10(12)9-18/h4-5,8,13H,6-7,9,17H2,1-3H3. The first-order valence-corrected chi connectivity index (χ1v) is 7.16. The lowest BCUT2D eigenvalue weighted by Gasteiger charge is -2.26. The van der Waals surface area contributed by atoms with Crippen LogP contribution in [0.5, 0.6) is 0 Å². The van der Waals surface area contributed by atoms with Crippen molar-refractivity contribution in [3.8, 4) is 0 Å². The fourth-order valence-corrected chi connectivity index (χ4v) is 2.49. The molecule has 1 aliphatic heterocycles. The van der Waals surface area contributed by atoms with Gasteiger partial charge in [-0.25, -0.2) is 4.79 Å². The van der Waals surface area contributed by atoms with Crippen molar-refractivity contribution in [1.29, 1.82) is 0 Å². The summed E-state index contributed by atoms with van der Waals surface area (Å²) in [7, 11) is 0. The second-order valence-electron chi connectivity index (χ2n) is 6.14. The molecule has 5 heteroatoms. The Bertz CT molecular complexity index is 511. The van der Waals surface area contributed by atoms with E-state index in [2.05, 4.69) is 0 Å². The van der Waals surface area contributed by atoms with E-state index < -0.39 is 5.60 Å². The van der Waals surface area contributed by atoms with Gasteiger partial charge in [-0.05, 0) is 50.5 Å². The third-order valence-corrected chi connectivity index (χ3v) is 3.46. The molecule has 1 atom stereocenters. The Balaban J connectivity index is 2.22. The van der Waals surface area contributed by atoms with Crippen molar-refractivity contribution in [3.05, 3.63) is 34.3 Å². The Morgan fingerprint density at radius 3 is 2.80 bits per heavy atom. The van der Waals surface area contributed by atoms with E-state index in [4.69, 9.17) is 22.1 Å². The normalized spacial score (nSPS) is 19.2. The topological polar surface area (TPSA) is 55.6 Å². The lowest BCUT2D eigenvalue weighted by atomic mass is 10.0. The summed E-state index contributed by atoms with van der Waals surface area (Å²) in [6, 6.07) is 5.58. The van der Waals surface area contributed by atoms with Crippen LogP contribution in [0.25, 0.3) is 0 Å². The van der Waals surface area contributed by atoms with Crippen LogP contribution in [0.4, 0.5) is 4.79 Å². The third kappa shape index (κ3) is 3.64. The van der Waals surface area contributed by atoms with Crippen molar-refractivity contribution in [1.82, 2.24) is 4.90 Å². The number of hydrogen-bond donors (Lipinski definition) is 1. The highest BCUT2D eigenvalue weighted by Crippen LogP contribution is 2.28. The average Bonchev–Trinajstić information content (AvgIpc) is 2.46. The summed E-state index contributed by atoms with van der Waals surface area (Å²) in [5, 5.41) is 0.655. The maximum atomic E-state index is 12.2. The molecule has 1 amide bonds. The van der Waals surface area contributed by atoms with Crippen LogP contribution in [0.1, 0.15) is 44.4 Å². The fourth-order valence-electron chi connectivity index (χ4n) is 2.29. The van der Waals surface area contributed by atoms with Crippen LogP contribution in [0, 0.1) is 0 Å². The molecule has 20 heavy (non-hydrogen) atoms. The molecule has 1 aromatic rings. The number of ether oxygens (including phenoxy) is 1. The number of carbonyl (C=O) groups excluding carboxylic acids is 1. The van der Waals surface area contributed by atoms with Crippen molar-refractivity contribution >= 4 is 17.7 Å². The molecule has 0 aromatic heterocycles. The van der Waals surface area contributed by atoms with Gasteiger partial charge in [0.1, 0.15) is 5.60 Å². The molecular weight excluding hydrogens is 276 g/mol. The number of carbonyl (C=O) groups is 1. The van der Waals surface area contributed by atoms with Crippen molar-refractivity contribution < 1.29 is 9.53 Å². The second kappa shape index (κ2) is 5.62. The molecule has 0 bridgehead atoms.